The molecule has 0 atom stereocenters. The summed E-state index contributed by atoms with van der Waals surface area (Å²) in [6, 6.07) is 188. The normalized spacial score (nSPS) is 11.6. The molecule has 0 spiro atoms. The first-order valence-corrected chi connectivity index (χ1v) is 50.8. The van der Waals surface area contributed by atoms with Crippen molar-refractivity contribution in [3.05, 3.63) is 534 Å². The summed E-state index contributed by atoms with van der Waals surface area (Å²) < 4.78 is 31.8. The zero-order valence-corrected chi connectivity index (χ0v) is 80.6. The van der Waals surface area contributed by atoms with Gasteiger partial charge in [-0.3, -0.25) is 0 Å². The van der Waals surface area contributed by atoms with Crippen LogP contribution in [-0.4, -0.2) is 0 Å². The maximum Gasteiger partial charge on any atom is 0.159 e. The Hall–Kier alpha value is -19.0. The number of nitrogens with zero attached hydrogens (tertiary/aromatic N) is 6. The highest BCUT2D eigenvalue weighted by atomic mass is 32.1. The van der Waals surface area contributed by atoms with Crippen molar-refractivity contribution in [3.63, 3.8) is 0 Å². The monoisotopic (exact) mass is 1910 g/mol. The van der Waals surface area contributed by atoms with Crippen LogP contribution in [0.15, 0.2) is 552 Å². The number of hydrogen-bond donors (Lipinski definition) is 0. The quantitative estimate of drug-likeness (QED) is 0.0776. The Morgan fingerprint density at radius 1 is 0.123 bits per heavy atom. The maximum atomic E-state index is 6.92. The molecule has 12 heteroatoms. The number of anilines is 18. The molecule has 6 heterocycles. The fourth-order valence-electron chi connectivity index (χ4n) is 21.3. The summed E-state index contributed by atoms with van der Waals surface area (Å²) >= 11 is 3.68. The zero-order valence-electron chi connectivity index (χ0n) is 78.9. The first kappa shape index (κ1) is 86.1. The van der Waals surface area contributed by atoms with E-state index in [1.165, 1.54) is 56.5 Å². The highest BCUT2D eigenvalue weighted by Crippen LogP contribution is 2.53. The second kappa shape index (κ2) is 36.9. The van der Waals surface area contributed by atoms with Crippen molar-refractivity contribution in [2.24, 2.45) is 0 Å². The number of benzene rings is 23. The summed E-state index contributed by atoms with van der Waals surface area (Å²) in [5, 5.41) is 18.5. The van der Waals surface area contributed by atoms with Gasteiger partial charge in [-0.15, -0.1) is 22.7 Å². The smallest absolute Gasteiger partial charge is 0.159 e. The molecule has 690 valence electrons. The van der Waals surface area contributed by atoms with Crippen molar-refractivity contribution in [2.45, 2.75) is 0 Å². The lowest BCUT2D eigenvalue weighted by Gasteiger charge is -2.27. The minimum absolute atomic E-state index is 0.824. The maximum absolute atomic E-state index is 6.92. The lowest BCUT2D eigenvalue weighted by molar-refractivity contribution is 0.668. The van der Waals surface area contributed by atoms with E-state index in [2.05, 4.69) is 539 Å². The van der Waals surface area contributed by atoms with Crippen LogP contribution in [0.25, 0.3) is 150 Å². The fraction of sp³-hybridized carbons (Fsp3) is 0. The average Bonchev–Trinajstić information content (AvgIpc) is 1.47. The standard InChI is InChI=1S/C50H32N2O2.2C42H28N2OS/c1-3-15-34(16-4-1)51(35-17-5-2-6-18-35)36-26-29-49-44(31-36)42-23-13-24-45(50(42)54-49)52(37-27-28-48-43(32-37)41-22-11-12-25-47(41)53-48)46-30-33-14-7-8-19-38(33)39-20-9-10-21-40(39)46;1-4-13-29(14-5-1)43(33-24-26-41-37(28-33)34-19-10-11-22-40(34)46-41)32-23-25-39-36(27-32)35-20-12-21-38(42(35)45-39)44(30-15-6-2-7-16-30)31-17-8-3-9-18-31;1-4-13-29(14-5-1)43(30-15-6-2-7-16-30)32-23-25-39-36(27-32)35-20-12-21-38(42(35)45-39)44(31-17-8-3-9-18-31)33-24-26-41-37(28-33)34-19-10-11-22-40(34)46-41/h1-32H;2*1-28H. The molecule has 0 aliphatic carbocycles. The van der Waals surface area contributed by atoms with Gasteiger partial charge in [0.2, 0.25) is 0 Å². The van der Waals surface area contributed by atoms with Crippen molar-refractivity contribution in [2.75, 3.05) is 29.4 Å². The second-order valence-electron chi connectivity index (χ2n) is 36.5. The van der Waals surface area contributed by atoms with E-state index in [9.17, 15) is 0 Å². The SMILES string of the molecule is c1ccc(N(c2ccc3oc4c(N(c5ccccc5)c5ccccc5)cccc4c3c2)c2ccc3sc4ccccc4c3c2)cc1.c1ccc(N(c2ccccc2)c2ccc3oc4c(N(c5ccc6oc7ccccc7c6c5)c5cc6ccccc6c6ccccc56)cccc4c3c2)cc1.c1ccc(N(c2ccccc2)c2ccc3oc4c(N(c5ccccc5)c5ccc6sc7ccccc7c6c5)cccc4c3c2)cc1. The van der Waals surface area contributed by atoms with Gasteiger partial charge in [0.1, 0.15) is 27.9 Å². The Morgan fingerprint density at radius 3 is 0.760 bits per heavy atom. The zero-order chi connectivity index (χ0) is 96.5. The molecule has 0 amide bonds. The number of thiophene rings is 2. The van der Waals surface area contributed by atoms with Gasteiger partial charge in [0, 0.05) is 168 Å². The predicted molar refractivity (Wildman–Crippen MR) is 617 cm³/mol. The summed E-state index contributed by atoms with van der Waals surface area (Å²) in [5.74, 6) is 0. The molecule has 0 fully saturated rings. The Kier molecular flexibility index (Phi) is 21.8. The van der Waals surface area contributed by atoms with Gasteiger partial charge in [0.25, 0.3) is 0 Å². The van der Waals surface area contributed by atoms with Crippen molar-refractivity contribution in [1.82, 2.24) is 0 Å². The van der Waals surface area contributed by atoms with E-state index >= 15 is 0 Å². The molecule has 0 radical (unpaired) electrons. The number of fused-ring (bicyclic) bond motifs is 21. The Labute approximate surface area is 849 Å². The molecule has 146 heavy (non-hydrogen) atoms. The van der Waals surface area contributed by atoms with E-state index in [-0.39, 0.29) is 0 Å². The summed E-state index contributed by atoms with van der Waals surface area (Å²) in [7, 11) is 0. The van der Waals surface area contributed by atoms with Gasteiger partial charge in [-0.2, -0.15) is 0 Å². The molecule has 29 aromatic rings. The molecular weight excluding hydrogens is 1820 g/mol. The molecule has 0 N–H and O–H groups in total. The Balaban J connectivity index is 0.000000109. The molecule has 0 aliphatic heterocycles. The number of rotatable bonds is 18. The van der Waals surface area contributed by atoms with Crippen LogP contribution >= 0.6 is 22.7 Å². The van der Waals surface area contributed by atoms with E-state index in [0.29, 0.717) is 0 Å². The number of para-hydroxylation sites is 12. The molecule has 23 aromatic carbocycles. The van der Waals surface area contributed by atoms with E-state index in [0.717, 1.165) is 196 Å². The summed E-state index contributed by atoms with van der Waals surface area (Å²) in [4.78, 5) is 13.9. The molecule has 0 saturated heterocycles. The van der Waals surface area contributed by atoms with Gasteiger partial charge in [-0.25, -0.2) is 0 Å². The van der Waals surface area contributed by atoms with Crippen LogP contribution in [0, 0.1) is 0 Å². The third kappa shape index (κ3) is 15.5. The Bertz CT molecular complexity index is 9830. The molecule has 29 rings (SSSR count). The van der Waals surface area contributed by atoms with Gasteiger partial charge in [-0.05, 0) is 265 Å². The molecule has 0 bridgehead atoms. The predicted octanol–water partition coefficient (Wildman–Crippen LogP) is 40.5. The molecule has 0 saturated carbocycles. The molecule has 6 aromatic heterocycles. The lowest BCUT2D eigenvalue weighted by Crippen LogP contribution is -2.11. The highest BCUT2D eigenvalue weighted by molar-refractivity contribution is 7.26. The molecule has 0 unspecified atom stereocenters. The van der Waals surface area contributed by atoms with Gasteiger partial charge in [-0.1, -0.05) is 285 Å². The van der Waals surface area contributed by atoms with E-state index in [1.807, 2.05) is 46.9 Å². The fourth-order valence-corrected chi connectivity index (χ4v) is 23.4. The molecule has 10 nitrogen and oxygen atoms in total. The van der Waals surface area contributed by atoms with Crippen molar-refractivity contribution >= 4 is 275 Å². The third-order valence-corrected chi connectivity index (χ3v) is 30.1. The largest absolute Gasteiger partial charge is 0.456 e. The number of hydrogen-bond acceptors (Lipinski definition) is 12. The van der Waals surface area contributed by atoms with Gasteiger partial charge >= 0.3 is 0 Å². The number of furan rings is 4. The van der Waals surface area contributed by atoms with E-state index < -0.39 is 0 Å². The van der Waals surface area contributed by atoms with Crippen LogP contribution < -0.4 is 29.4 Å². The van der Waals surface area contributed by atoms with Gasteiger partial charge in [0.15, 0.2) is 16.7 Å². The third-order valence-electron chi connectivity index (χ3n) is 27.8. The summed E-state index contributed by atoms with van der Waals surface area (Å²) in [6.45, 7) is 0. The van der Waals surface area contributed by atoms with Crippen molar-refractivity contribution < 1.29 is 17.7 Å². The first-order valence-electron chi connectivity index (χ1n) is 49.1. The highest BCUT2D eigenvalue weighted by Gasteiger charge is 2.29. The van der Waals surface area contributed by atoms with Crippen molar-refractivity contribution in [1.29, 1.82) is 0 Å². The van der Waals surface area contributed by atoms with E-state index in [4.69, 9.17) is 17.7 Å². The summed E-state index contributed by atoms with van der Waals surface area (Å²) in [5.41, 5.74) is 26.0. The minimum Gasteiger partial charge on any atom is -0.456 e. The summed E-state index contributed by atoms with van der Waals surface area (Å²) in [6.07, 6.45) is 0. The lowest BCUT2D eigenvalue weighted by atomic mass is 9.98. The minimum atomic E-state index is 0.824. The van der Waals surface area contributed by atoms with Crippen molar-refractivity contribution in [3.8, 4) is 0 Å². The van der Waals surface area contributed by atoms with Crippen LogP contribution in [0.5, 0.6) is 0 Å². The van der Waals surface area contributed by atoms with Crippen LogP contribution in [0.1, 0.15) is 0 Å². The average molecular weight is 1910 g/mol. The van der Waals surface area contributed by atoms with Crippen LogP contribution in [0.4, 0.5) is 102 Å². The van der Waals surface area contributed by atoms with Gasteiger partial charge in [0.05, 0.1) is 22.7 Å². The Morgan fingerprint density at radius 2 is 0.370 bits per heavy atom. The first-order chi connectivity index (χ1) is 72.4. The van der Waals surface area contributed by atoms with E-state index in [1.54, 1.807) is 0 Å². The van der Waals surface area contributed by atoms with Crippen LogP contribution in [0.3, 0.4) is 0 Å². The van der Waals surface area contributed by atoms with Crippen LogP contribution in [-0.2, 0) is 0 Å². The van der Waals surface area contributed by atoms with Gasteiger partial charge < -0.3 is 47.1 Å². The second-order valence-corrected chi connectivity index (χ2v) is 38.7. The topological polar surface area (TPSA) is 72.0 Å². The molecular formula is C134H88N6O4S2. The van der Waals surface area contributed by atoms with Crippen LogP contribution in [0.2, 0.25) is 0 Å². The molecule has 0 aliphatic rings.